The van der Waals surface area contributed by atoms with E-state index in [1.165, 1.54) is 6.08 Å². The van der Waals surface area contributed by atoms with Gasteiger partial charge in [-0.15, -0.1) is 0 Å². The number of ketones is 1. The maximum Gasteiger partial charge on any atom is 0.317 e. The van der Waals surface area contributed by atoms with E-state index in [2.05, 4.69) is 21.2 Å². The number of hydrogen-bond donors (Lipinski definition) is 1. The van der Waals surface area contributed by atoms with Gasteiger partial charge in [0.2, 0.25) is 0 Å². The molecular weight excluding hydrogens is 334 g/mol. The number of carbonyl (C=O) groups excluding carboxylic acids is 2. The van der Waals surface area contributed by atoms with E-state index in [4.69, 9.17) is 4.74 Å². The maximum atomic E-state index is 12.2. The highest BCUT2D eigenvalue weighted by Crippen LogP contribution is 2.29. The number of rotatable bonds is 4. The number of carbonyl (C=O) groups is 2. The van der Waals surface area contributed by atoms with Gasteiger partial charge in [0, 0.05) is 21.9 Å². The lowest BCUT2D eigenvalue weighted by atomic mass is 9.82. The van der Waals surface area contributed by atoms with Gasteiger partial charge in [-0.1, -0.05) is 22.9 Å². The van der Waals surface area contributed by atoms with Crippen molar-refractivity contribution < 1.29 is 14.3 Å². The Bertz CT molecular complexity index is 565. The van der Waals surface area contributed by atoms with Crippen LogP contribution in [0.1, 0.15) is 20.3 Å². The number of ether oxygens (including phenoxy) is 1. The Balaban J connectivity index is 2.10. The molecule has 0 heterocycles. The second-order valence-electron chi connectivity index (χ2n) is 5.11. The Morgan fingerprint density at radius 2 is 2.05 bits per heavy atom. The average molecular weight is 352 g/mol. The van der Waals surface area contributed by atoms with Crippen molar-refractivity contribution in [3.05, 3.63) is 40.5 Å². The number of esters is 1. The first-order chi connectivity index (χ1) is 10.0. The van der Waals surface area contributed by atoms with Crippen LogP contribution < -0.4 is 5.32 Å². The minimum Gasteiger partial charge on any atom is -0.465 e. The molecule has 0 aromatic heterocycles. The third kappa shape index (κ3) is 3.94. The zero-order valence-corrected chi connectivity index (χ0v) is 13.6. The number of allylic oxidation sites excluding steroid dienone is 2. The van der Waals surface area contributed by atoms with Crippen molar-refractivity contribution in [2.45, 2.75) is 20.3 Å². The summed E-state index contributed by atoms with van der Waals surface area (Å²) in [5.41, 5.74) is 1.74. The second-order valence-corrected chi connectivity index (χ2v) is 6.03. The van der Waals surface area contributed by atoms with Gasteiger partial charge in [-0.25, -0.2) is 0 Å². The summed E-state index contributed by atoms with van der Waals surface area (Å²) in [4.78, 5) is 24.0. The van der Waals surface area contributed by atoms with Crippen molar-refractivity contribution in [3.8, 4) is 0 Å². The van der Waals surface area contributed by atoms with Crippen molar-refractivity contribution in [1.29, 1.82) is 0 Å². The van der Waals surface area contributed by atoms with Gasteiger partial charge >= 0.3 is 5.97 Å². The fraction of sp³-hybridized carbons (Fsp3) is 0.375. The van der Waals surface area contributed by atoms with Gasteiger partial charge < -0.3 is 10.1 Å². The minimum absolute atomic E-state index is 0.0699. The minimum atomic E-state index is -0.680. The van der Waals surface area contributed by atoms with E-state index >= 15 is 0 Å². The summed E-state index contributed by atoms with van der Waals surface area (Å²) < 4.78 is 5.97. The summed E-state index contributed by atoms with van der Waals surface area (Å²) >= 11 is 3.38. The van der Waals surface area contributed by atoms with E-state index in [-0.39, 0.29) is 11.7 Å². The molecule has 0 radical (unpaired) electrons. The van der Waals surface area contributed by atoms with Gasteiger partial charge in [-0.3, -0.25) is 9.59 Å². The molecule has 0 aliphatic heterocycles. The molecule has 0 amide bonds. The van der Waals surface area contributed by atoms with E-state index in [0.717, 1.165) is 15.9 Å². The van der Waals surface area contributed by atoms with E-state index < -0.39 is 11.9 Å². The third-order valence-electron chi connectivity index (χ3n) is 3.42. The molecule has 0 unspecified atom stereocenters. The van der Waals surface area contributed by atoms with Crippen LogP contribution in [0, 0.1) is 11.8 Å². The molecule has 112 valence electrons. The SMILES string of the molecule is CCOC(=O)[C@@H]1C(=O)C=C(Nc2ccc(Br)cc2)C[C@H]1C. The number of halogens is 1. The van der Waals surface area contributed by atoms with Gasteiger partial charge in [-0.2, -0.15) is 0 Å². The molecule has 1 aliphatic carbocycles. The van der Waals surface area contributed by atoms with Crippen molar-refractivity contribution in [1.82, 2.24) is 0 Å². The standard InChI is InChI=1S/C16H18BrNO3/c1-3-21-16(20)15-10(2)8-13(9-14(15)19)18-12-6-4-11(17)5-7-12/h4-7,9-10,15,18H,3,8H2,1-2H3/t10-,15+/m1/s1. The van der Waals surface area contributed by atoms with Crippen molar-refractivity contribution in [2.75, 3.05) is 11.9 Å². The molecular formula is C16H18BrNO3. The zero-order valence-electron chi connectivity index (χ0n) is 12.1. The molecule has 0 fully saturated rings. The fourth-order valence-corrected chi connectivity index (χ4v) is 2.72. The summed E-state index contributed by atoms with van der Waals surface area (Å²) in [5.74, 6) is -1.36. The van der Waals surface area contributed by atoms with Gasteiger partial charge in [0.15, 0.2) is 5.78 Å². The smallest absolute Gasteiger partial charge is 0.317 e. The molecule has 2 atom stereocenters. The van der Waals surface area contributed by atoms with Crippen LogP contribution >= 0.6 is 15.9 Å². The Hall–Kier alpha value is -1.62. The molecule has 0 spiro atoms. The molecule has 2 rings (SSSR count). The molecule has 1 aliphatic rings. The van der Waals surface area contributed by atoms with Crippen LogP contribution in [0.3, 0.4) is 0 Å². The summed E-state index contributed by atoms with van der Waals surface area (Å²) in [6.07, 6.45) is 2.16. The lowest BCUT2D eigenvalue weighted by Crippen LogP contribution is -2.34. The zero-order chi connectivity index (χ0) is 15.4. The molecule has 4 nitrogen and oxygen atoms in total. The molecule has 5 heteroatoms. The van der Waals surface area contributed by atoms with Gasteiger partial charge in [0.05, 0.1) is 6.61 Å². The number of hydrogen-bond acceptors (Lipinski definition) is 4. The molecule has 0 saturated heterocycles. The van der Waals surface area contributed by atoms with Crippen molar-refractivity contribution in [3.63, 3.8) is 0 Å². The van der Waals surface area contributed by atoms with Gasteiger partial charge in [0.1, 0.15) is 5.92 Å². The van der Waals surface area contributed by atoms with E-state index in [1.54, 1.807) is 6.92 Å². The normalized spacial score (nSPS) is 21.7. The fourth-order valence-electron chi connectivity index (χ4n) is 2.45. The molecule has 21 heavy (non-hydrogen) atoms. The van der Waals surface area contributed by atoms with E-state index in [9.17, 15) is 9.59 Å². The number of anilines is 1. The van der Waals surface area contributed by atoms with Crippen LogP contribution in [0.25, 0.3) is 0 Å². The van der Waals surface area contributed by atoms with Crippen LogP contribution in [0.4, 0.5) is 5.69 Å². The van der Waals surface area contributed by atoms with Crippen LogP contribution in [0.15, 0.2) is 40.5 Å². The van der Waals surface area contributed by atoms with Crippen LogP contribution in [0.5, 0.6) is 0 Å². The molecule has 1 aromatic carbocycles. The lowest BCUT2D eigenvalue weighted by Gasteiger charge is -2.26. The molecule has 1 aromatic rings. The highest BCUT2D eigenvalue weighted by atomic mass is 79.9. The summed E-state index contributed by atoms with van der Waals surface area (Å²) in [6.45, 7) is 3.94. The Morgan fingerprint density at radius 1 is 1.38 bits per heavy atom. The summed E-state index contributed by atoms with van der Waals surface area (Å²) in [7, 11) is 0. The van der Waals surface area contributed by atoms with Crippen molar-refractivity contribution in [2.24, 2.45) is 11.8 Å². The lowest BCUT2D eigenvalue weighted by molar-refractivity contribution is -0.152. The molecule has 0 bridgehead atoms. The quantitative estimate of drug-likeness (QED) is 0.665. The second kappa shape index (κ2) is 6.89. The molecule has 0 saturated carbocycles. The van der Waals surface area contributed by atoms with Gasteiger partial charge in [0.25, 0.3) is 0 Å². The highest BCUT2D eigenvalue weighted by molar-refractivity contribution is 9.10. The van der Waals surface area contributed by atoms with Crippen LogP contribution in [-0.2, 0) is 14.3 Å². The van der Waals surface area contributed by atoms with Gasteiger partial charge in [-0.05, 0) is 43.5 Å². The summed E-state index contributed by atoms with van der Waals surface area (Å²) in [5, 5.41) is 3.23. The Kier molecular flexibility index (Phi) is 5.17. The third-order valence-corrected chi connectivity index (χ3v) is 3.95. The largest absolute Gasteiger partial charge is 0.465 e. The van der Waals surface area contributed by atoms with E-state index in [1.807, 2.05) is 31.2 Å². The topological polar surface area (TPSA) is 55.4 Å². The monoisotopic (exact) mass is 351 g/mol. The average Bonchev–Trinajstić information content (AvgIpc) is 2.41. The highest BCUT2D eigenvalue weighted by Gasteiger charge is 2.36. The summed E-state index contributed by atoms with van der Waals surface area (Å²) in [6, 6.07) is 7.71. The Labute approximate surface area is 132 Å². The van der Waals surface area contributed by atoms with E-state index in [0.29, 0.717) is 13.0 Å². The Morgan fingerprint density at radius 3 is 2.62 bits per heavy atom. The van der Waals surface area contributed by atoms with Crippen LogP contribution in [-0.4, -0.2) is 18.4 Å². The first kappa shape index (κ1) is 15.8. The number of benzene rings is 1. The maximum absolute atomic E-state index is 12.2. The first-order valence-electron chi connectivity index (χ1n) is 6.95. The molecule has 1 N–H and O–H groups in total. The predicted octanol–water partition coefficient (Wildman–Crippen LogP) is 3.53. The predicted molar refractivity (Wildman–Crippen MR) is 84.8 cm³/mol. The van der Waals surface area contributed by atoms with Crippen LogP contribution in [0.2, 0.25) is 0 Å². The van der Waals surface area contributed by atoms with Crippen molar-refractivity contribution >= 4 is 33.4 Å². The number of nitrogens with one attached hydrogen (secondary N) is 1. The first-order valence-corrected chi connectivity index (χ1v) is 7.74.